The largest absolute Gasteiger partial charge is 0.357 e. The number of aromatic nitrogens is 4. The molecule has 2 rings (SSSR count). The maximum Gasteiger partial charge on any atom is 0.232 e. The van der Waals surface area contributed by atoms with E-state index in [1.807, 2.05) is 59.1 Å². The summed E-state index contributed by atoms with van der Waals surface area (Å²) in [7, 11) is 3.90. The van der Waals surface area contributed by atoms with Gasteiger partial charge in [-0.2, -0.15) is 10.1 Å². The van der Waals surface area contributed by atoms with Crippen molar-refractivity contribution >= 4 is 5.96 Å². The average molecular weight is 333 g/mol. The van der Waals surface area contributed by atoms with Gasteiger partial charge in [0.1, 0.15) is 6.54 Å². The molecule has 8 heteroatoms. The normalized spacial score (nSPS) is 12.5. The first-order valence-corrected chi connectivity index (χ1v) is 8.09. The van der Waals surface area contributed by atoms with Gasteiger partial charge in [-0.15, -0.1) is 0 Å². The summed E-state index contributed by atoms with van der Waals surface area (Å²) in [6, 6.07) is 0. The fourth-order valence-corrected chi connectivity index (χ4v) is 2.14. The lowest BCUT2D eigenvalue weighted by atomic mass is 9.97. The number of aliphatic imine (C=N–C) groups is 1. The van der Waals surface area contributed by atoms with Gasteiger partial charge in [0.05, 0.1) is 6.20 Å². The van der Waals surface area contributed by atoms with Crippen LogP contribution in [0, 0.1) is 0 Å². The highest BCUT2D eigenvalue weighted by atomic mass is 16.5. The molecule has 132 valence electrons. The number of hydrogen-bond acceptors (Lipinski definition) is 5. The van der Waals surface area contributed by atoms with Crippen LogP contribution in [-0.4, -0.2) is 44.4 Å². The van der Waals surface area contributed by atoms with Crippen LogP contribution < -0.4 is 5.32 Å². The molecular formula is C16H27N7O. The van der Waals surface area contributed by atoms with Gasteiger partial charge in [-0.05, 0) is 6.92 Å². The van der Waals surface area contributed by atoms with Crippen molar-refractivity contribution in [2.24, 2.45) is 12.0 Å². The summed E-state index contributed by atoms with van der Waals surface area (Å²) < 4.78 is 7.10. The van der Waals surface area contributed by atoms with Crippen LogP contribution in [0.4, 0.5) is 0 Å². The molecule has 0 fully saturated rings. The molecule has 1 N–H and O–H groups in total. The van der Waals surface area contributed by atoms with Gasteiger partial charge < -0.3 is 14.7 Å². The minimum absolute atomic E-state index is 0.156. The maximum absolute atomic E-state index is 5.30. The van der Waals surface area contributed by atoms with Gasteiger partial charge in [0, 0.05) is 44.4 Å². The SMILES string of the molecule is CCNC(=NCc1noc(C(C)(C)C)n1)N(C)Cc1cnn(C)c1. The van der Waals surface area contributed by atoms with E-state index in [9.17, 15) is 0 Å². The van der Waals surface area contributed by atoms with Gasteiger partial charge in [-0.3, -0.25) is 4.68 Å². The molecule has 0 amide bonds. The number of nitrogens with zero attached hydrogens (tertiary/aromatic N) is 6. The van der Waals surface area contributed by atoms with E-state index in [0.717, 1.165) is 24.6 Å². The van der Waals surface area contributed by atoms with Crippen molar-refractivity contribution < 1.29 is 4.52 Å². The lowest BCUT2D eigenvalue weighted by Crippen LogP contribution is -2.38. The highest BCUT2D eigenvalue weighted by Crippen LogP contribution is 2.19. The summed E-state index contributed by atoms with van der Waals surface area (Å²) >= 11 is 0. The molecule has 0 aromatic carbocycles. The Bertz CT molecular complexity index is 681. The number of nitrogens with one attached hydrogen (secondary N) is 1. The third-order valence-electron chi connectivity index (χ3n) is 3.35. The average Bonchev–Trinajstić information content (AvgIpc) is 3.12. The fourth-order valence-electron chi connectivity index (χ4n) is 2.14. The molecule has 0 saturated heterocycles. The first kappa shape index (κ1) is 18.0. The highest BCUT2D eigenvalue weighted by molar-refractivity contribution is 5.79. The van der Waals surface area contributed by atoms with E-state index < -0.39 is 0 Å². The maximum atomic E-state index is 5.30. The van der Waals surface area contributed by atoms with Crippen molar-refractivity contribution in [3.8, 4) is 0 Å². The number of aryl methyl sites for hydroxylation is 1. The first-order chi connectivity index (χ1) is 11.3. The molecule has 0 spiro atoms. The molecule has 24 heavy (non-hydrogen) atoms. The molecule has 2 aromatic heterocycles. The lowest BCUT2D eigenvalue weighted by molar-refractivity contribution is 0.318. The Kier molecular flexibility index (Phi) is 5.58. The monoisotopic (exact) mass is 333 g/mol. The molecule has 2 heterocycles. The van der Waals surface area contributed by atoms with Crippen LogP contribution in [0.5, 0.6) is 0 Å². The predicted octanol–water partition coefficient (Wildman–Crippen LogP) is 1.70. The Morgan fingerprint density at radius 2 is 2.17 bits per heavy atom. The highest BCUT2D eigenvalue weighted by Gasteiger charge is 2.21. The quantitative estimate of drug-likeness (QED) is 0.662. The zero-order valence-corrected chi connectivity index (χ0v) is 15.4. The Morgan fingerprint density at radius 1 is 1.42 bits per heavy atom. The molecule has 8 nitrogen and oxygen atoms in total. The van der Waals surface area contributed by atoms with Crippen molar-refractivity contribution in [1.29, 1.82) is 0 Å². The van der Waals surface area contributed by atoms with Gasteiger partial charge in [-0.25, -0.2) is 4.99 Å². The van der Waals surface area contributed by atoms with Crippen LogP contribution in [0.2, 0.25) is 0 Å². The summed E-state index contributed by atoms with van der Waals surface area (Å²) in [6.45, 7) is 10.0. The molecule has 0 aliphatic carbocycles. The summed E-state index contributed by atoms with van der Waals surface area (Å²) in [4.78, 5) is 11.1. The summed E-state index contributed by atoms with van der Waals surface area (Å²) in [6.07, 6.45) is 3.85. The molecule has 0 radical (unpaired) electrons. The van der Waals surface area contributed by atoms with E-state index >= 15 is 0 Å². The van der Waals surface area contributed by atoms with Crippen molar-refractivity contribution in [1.82, 2.24) is 30.1 Å². The van der Waals surface area contributed by atoms with Crippen LogP contribution in [-0.2, 0) is 25.6 Å². The minimum Gasteiger partial charge on any atom is -0.357 e. The van der Waals surface area contributed by atoms with Crippen molar-refractivity contribution in [2.45, 2.75) is 46.2 Å². The van der Waals surface area contributed by atoms with Gasteiger partial charge in [0.2, 0.25) is 5.89 Å². The molecule has 0 unspecified atom stereocenters. The second kappa shape index (κ2) is 7.46. The van der Waals surface area contributed by atoms with Crippen LogP contribution >= 0.6 is 0 Å². The molecule has 0 aliphatic heterocycles. The number of hydrogen-bond donors (Lipinski definition) is 1. The second-order valence-electron chi connectivity index (χ2n) is 6.81. The zero-order chi connectivity index (χ0) is 17.7. The van der Waals surface area contributed by atoms with Crippen molar-refractivity contribution in [3.05, 3.63) is 29.7 Å². The lowest BCUT2D eigenvalue weighted by Gasteiger charge is -2.21. The molecule has 0 atom stereocenters. The number of rotatable bonds is 5. The number of guanidine groups is 1. The van der Waals surface area contributed by atoms with E-state index in [1.54, 1.807) is 4.68 Å². The fraction of sp³-hybridized carbons (Fsp3) is 0.625. The standard InChI is InChI=1S/C16H27N7O/c1-7-17-15(22(5)10-12-8-19-23(6)11-12)18-9-13-20-14(24-21-13)16(2,3)4/h8,11H,7,9-10H2,1-6H3,(H,17,18). The third-order valence-corrected chi connectivity index (χ3v) is 3.35. The third kappa shape index (κ3) is 4.81. The smallest absolute Gasteiger partial charge is 0.232 e. The van der Waals surface area contributed by atoms with E-state index in [-0.39, 0.29) is 5.41 Å². The van der Waals surface area contributed by atoms with Crippen LogP contribution in [0.25, 0.3) is 0 Å². The Morgan fingerprint density at radius 3 is 2.71 bits per heavy atom. The summed E-state index contributed by atoms with van der Waals surface area (Å²) in [5, 5.41) is 11.5. The Labute approximate surface area is 143 Å². The van der Waals surface area contributed by atoms with E-state index in [2.05, 4.69) is 25.5 Å². The van der Waals surface area contributed by atoms with Crippen LogP contribution in [0.1, 0.15) is 45.0 Å². The molecule has 0 bridgehead atoms. The minimum atomic E-state index is -0.156. The topological polar surface area (TPSA) is 84.4 Å². The van der Waals surface area contributed by atoms with Gasteiger partial charge in [0.15, 0.2) is 11.8 Å². The Hall–Kier alpha value is -2.38. The van der Waals surface area contributed by atoms with E-state index in [4.69, 9.17) is 4.52 Å². The van der Waals surface area contributed by atoms with Gasteiger partial charge >= 0.3 is 0 Å². The van der Waals surface area contributed by atoms with Crippen LogP contribution in [0.3, 0.4) is 0 Å². The van der Waals surface area contributed by atoms with E-state index in [0.29, 0.717) is 18.3 Å². The molecule has 2 aromatic rings. The summed E-state index contributed by atoms with van der Waals surface area (Å²) in [5.41, 5.74) is 0.969. The van der Waals surface area contributed by atoms with Crippen LogP contribution in [0.15, 0.2) is 21.9 Å². The predicted molar refractivity (Wildman–Crippen MR) is 92.5 cm³/mol. The molecule has 0 aliphatic rings. The Balaban J connectivity index is 2.05. The summed E-state index contributed by atoms with van der Waals surface area (Å²) in [5.74, 6) is 2.01. The second-order valence-corrected chi connectivity index (χ2v) is 6.81. The zero-order valence-electron chi connectivity index (χ0n) is 15.4. The molecule has 0 saturated carbocycles. The van der Waals surface area contributed by atoms with Gasteiger partial charge in [0.25, 0.3) is 0 Å². The molecular weight excluding hydrogens is 306 g/mol. The first-order valence-electron chi connectivity index (χ1n) is 8.09. The van der Waals surface area contributed by atoms with E-state index in [1.165, 1.54) is 0 Å². The van der Waals surface area contributed by atoms with Gasteiger partial charge in [-0.1, -0.05) is 25.9 Å². The van der Waals surface area contributed by atoms with Crippen molar-refractivity contribution in [3.63, 3.8) is 0 Å². The van der Waals surface area contributed by atoms with Crippen molar-refractivity contribution in [2.75, 3.05) is 13.6 Å².